The molecule has 2 rings (SSSR count). The lowest BCUT2D eigenvalue weighted by molar-refractivity contribution is -0.137. The molecule has 2 amide bonds. The zero-order chi connectivity index (χ0) is 20.9. The second kappa shape index (κ2) is 8.69. The first-order chi connectivity index (χ1) is 13.1. The van der Waals surface area contributed by atoms with Crippen molar-refractivity contribution in [3.63, 3.8) is 0 Å². The molecule has 0 aliphatic carbocycles. The van der Waals surface area contributed by atoms with Crippen LogP contribution < -0.4 is 10.2 Å². The van der Waals surface area contributed by atoms with Gasteiger partial charge in [0.1, 0.15) is 0 Å². The Morgan fingerprint density at radius 2 is 1.64 bits per heavy atom. The van der Waals surface area contributed by atoms with Gasteiger partial charge in [-0.05, 0) is 49.4 Å². The van der Waals surface area contributed by atoms with E-state index in [1.165, 1.54) is 26.0 Å². The molecular formula is C20H19F3N2O3. The van der Waals surface area contributed by atoms with Crippen LogP contribution in [0.25, 0.3) is 0 Å². The first-order valence-electron chi connectivity index (χ1n) is 8.44. The van der Waals surface area contributed by atoms with Crippen molar-refractivity contribution in [2.75, 3.05) is 16.8 Å². The van der Waals surface area contributed by atoms with E-state index in [4.69, 9.17) is 0 Å². The van der Waals surface area contributed by atoms with Gasteiger partial charge in [-0.2, -0.15) is 13.2 Å². The van der Waals surface area contributed by atoms with Crippen molar-refractivity contribution in [2.45, 2.75) is 26.4 Å². The van der Waals surface area contributed by atoms with E-state index in [9.17, 15) is 27.6 Å². The average molecular weight is 392 g/mol. The summed E-state index contributed by atoms with van der Waals surface area (Å²) < 4.78 is 38.6. The fourth-order valence-electron chi connectivity index (χ4n) is 2.54. The van der Waals surface area contributed by atoms with Gasteiger partial charge in [-0.1, -0.05) is 6.07 Å². The first-order valence-corrected chi connectivity index (χ1v) is 8.44. The van der Waals surface area contributed by atoms with Gasteiger partial charge in [0.2, 0.25) is 11.8 Å². The van der Waals surface area contributed by atoms with Crippen LogP contribution in [0.3, 0.4) is 0 Å². The van der Waals surface area contributed by atoms with Crippen molar-refractivity contribution in [3.05, 3.63) is 59.7 Å². The number of nitrogens with one attached hydrogen (secondary N) is 1. The highest BCUT2D eigenvalue weighted by Crippen LogP contribution is 2.31. The van der Waals surface area contributed by atoms with Gasteiger partial charge in [-0.15, -0.1) is 0 Å². The second-order valence-corrected chi connectivity index (χ2v) is 6.15. The number of hydrogen-bond donors (Lipinski definition) is 1. The van der Waals surface area contributed by atoms with Gasteiger partial charge in [0.25, 0.3) is 0 Å². The number of nitrogens with zero attached hydrogens (tertiary/aromatic N) is 1. The van der Waals surface area contributed by atoms with Crippen LogP contribution >= 0.6 is 0 Å². The van der Waals surface area contributed by atoms with Crippen LogP contribution in [0.2, 0.25) is 0 Å². The zero-order valence-corrected chi connectivity index (χ0v) is 15.3. The van der Waals surface area contributed by atoms with Crippen LogP contribution in [-0.4, -0.2) is 24.1 Å². The molecule has 0 aliphatic rings. The van der Waals surface area contributed by atoms with Gasteiger partial charge < -0.3 is 10.2 Å². The number of carbonyl (C=O) groups excluding carboxylic acids is 3. The van der Waals surface area contributed by atoms with Gasteiger partial charge >= 0.3 is 6.18 Å². The maximum Gasteiger partial charge on any atom is 0.416 e. The molecule has 0 aromatic heterocycles. The van der Waals surface area contributed by atoms with Crippen molar-refractivity contribution in [1.82, 2.24) is 0 Å². The number of anilines is 2. The van der Waals surface area contributed by atoms with E-state index in [0.717, 1.165) is 17.0 Å². The van der Waals surface area contributed by atoms with E-state index < -0.39 is 23.6 Å². The Morgan fingerprint density at radius 3 is 2.18 bits per heavy atom. The third-order valence-corrected chi connectivity index (χ3v) is 4.00. The molecule has 0 saturated carbocycles. The SMILES string of the molecule is CC(=O)c1ccc(NC(=O)CCN(C(C)=O)c2cccc(C(F)(F)F)c2)cc1. The summed E-state index contributed by atoms with van der Waals surface area (Å²) in [5.41, 5.74) is 0.181. The van der Waals surface area contributed by atoms with Gasteiger partial charge in [-0.3, -0.25) is 14.4 Å². The Balaban J connectivity index is 2.04. The van der Waals surface area contributed by atoms with E-state index in [0.29, 0.717) is 11.3 Å². The quantitative estimate of drug-likeness (QED) is 0.746. The predicted octanol–water partition coefficient (Wildman–Crippen LogP) is 4.29. The summed E-state index contributed by atoms with van der Waals surface area (Å²) in [6.45, 7) is 2.57. The van der Waals surface area contributed by atoms with E-state index in [1.807, 2.05) is 0 Å². The van der Waals surface area contributed by atoms with Crippen LogP contribution in [-0.2, 0) is 15.8 Å². The molecule has 0 bridgehead atoms. The number of alkyl halides is 3. The fourth-order valence-corrected chi connectivity index (χ4v) is 2.54. The molecule has 1 N–H and O–H groups in total. The summed E-state index contributed by atoms with van der Waals surface area (Å²) in [4.78, 5) is 36.3. The minimum absolute atomic E-state index is 0.0703. The van der Waals surface area contributed by atoms with E-state index in [1.54, 1.807) is 24.3 Å². The monoisotopic (exact) mass is 392 g/mol. The fraction of sp³-hybridized carbons (Fsp3) is 0.250. The van der Waals surface area contributed by atoms with Crippen molar-refractivity contribution in [3.8, 4) is 0 Å². The summed E-state index contributed by atoms with van der Waals surface area (Å²) in [6.07, 6.45) is -4.63. The molecule has 0 radical (unpaired) electrons. The summed E-state index contributed by atoms with van der Waals surface area (Å²) >= 11 is 0. The van der Waals surface area contributed by atoms with Crippen molar-refractivity contribution in [1.29, 1.82) is 0 Å². The molecular weight excluding hydrogens is 373 g/mol. The number of benzene rings is 2. The lowest BCUT2D eigenvalue weighted by Crippen LogP contribution is -2.32. The maximum atomic E-state index is 12.9. The summed E-state index contributed by atoms with van der Waals surface area (Å²) in [7, 11) is 0. The summed E-state index contributed by atoms with van der Waals surface area (Å²) in [5.74, 6) is -0.984. The van der Waals surface area contributed by atoms with Crippen molar-refractivity contribution < 1.29 is 27.6 Å². The number of Topliss-reactive ketones (excluding diaryl/α,β-unsaturated/α-hetero) is 1. The Kier molecular flexibility index (Phi) is 6.56. The first kappa shape index (κ1) is 21.1. The Hall–Kier alpha value is -3.16. The second-order valence-electron chi connectivity index (χ2n) is 6.15. The largest absolute Gasteiger partial charge is 0.416 e. The van der Waals surface area contributed by atoms with Gasteiger partial charge in [0.15, 0.2) is 5.78 Å². The third kappa shape index (κ3) is 5.67. The summed E-state index contributed by atoms with van der Waals surface area (Å²) in [5, 5.41) is 2.62. The molecule has 0 heterocycles. The van der Waals surface area contributed by atoms with Gasteiger partial charge in [0.05, 0.1) is 5.56 Å². The third-order valence-electron chi connectivity index (χ3n) is 4.00. The van der Waals surface area contributed by atoms with Crippen molar-refractivity contribution >= 4 is 29.0 Å². The maximum absolute atomic E-state index is 12.9. The smallest absolute Gasteiger partial charge is 0.326 e. The van der Waals surface area contributed by atoms with E-state index >= 15 is 0 Å². The number of hydrogen-bond acceptors (Lipinski definition) is 3. The minimum Gasteiger partial charge on any atom is -0.326 e. The minimum atomic E-state index is -4.53. The van der Waals surface area contributed by atoms with Gasteiger partial charge in [-0.25, -0.2) is 0 Å². The molecule has 2 aromatic rings. The standard InChI is InChI=1S/C20H19F3N2O3/c1-13(26)15-6-8-17(9-7-15)24-19(28)10-11-25(14(2)27)18-5-3-4-16(12-18)20(21,22)23/h3-9,12H,10-11H2,1-2H3,(H,24,28). The molecule has 8 heteroatoms. The van der Waals surface area contributed by atoms with Crippen molar-refractivity contribution in [2.24, 2.45) is 0 Å². The molecule has 5 nitrogen and oxygen atoms in total. The van der Waals surface area contributed by atoms with E-state index in [2.05, 4.69) is 5.32 Å². The lowest BCUT2D eigenvalue weighted by atomic mass is 10.1. The van der Waals surface area contributed by atoms with Crippen LogP contribution in [0.5, 0.6) is 0 Å². The van der Waals surface area contributed by atoms with Crippen LogP contribution in [0.4, 0.5) is 24.5 Å². The lowest BCUT2D eigenvalue weighted by Gasteiger charge is -2.22. The molecule has 28 heavy (non-hydrogen) atoms. The van der Waals surface area contributed by atoms with Gasteiger partial charge in [0, 0.05) is 36.8 Å². The Morgan fingerprint density at radius 1 is 1.00 bits per heavy atom. The molecule has 0 unspecified atom stereocenters. The molecule has 0 aliphatic heterocycles. The summed E-state index contributed by atoms with van der Waals surface area (Å²) in [6, 6.07) is 10.7. The molecule has 0 atom stereocenters. The number of halogens is 3. The number of rotatable bonds is 6. The topological polar surface area (TPSA) is 66.5 Å². The number of carbonyl (C=O) groups is 3. The zero-order valence-electron chi connectivity index (χ0n) is 15.3. The Labute approximate surface area is 160 Å². The normalized spacial score (nSPS) is 11.0. The highest BCUT2D eigenvalue weighted by Gasteiger charge is 2.31. The van der Waals surface area contributed by atoms with Crippen LogP contribution in [0, 0.1) is 0 Å². The molecule has 0 saturated heterocycles. The van der Waals surface area contributed by atoms with E-state index in [-0.39, 0.29) is 24.4 Å². The molecule has 2 aromatic carbocycles. The van der Waals surface area contributed by atoms with Crippen LogP contribution in [0.15, 0.2) is 48.5 Å². The number of ketones is 1. The predicted molar refractivity (Wildman–Crippen MR) is 99.2 cm³/mol. The highest BCUT2D eigenvalue weighted by molar-refractivity contribution is 5.96. The number of amides is 2. The highest BCUT2D eigenvalue weighted by atomic mass is 19.4. The van der Waals surface area contributed by atoms with Crippen LogP contribution in [0.1, 0.15) is 36.2 Å². The molecule has 148 valence electrons. The Bertz CT molecular complexity index is 877. The molecule has 0 spiro atoms. The average Bonchev–Trinajstić information content (AvgIpc) is 2.61. The molecule has 0 fully saturated rings.